The Morgan fingerprint density at radius 2 is 2.05 bits per heavy atom. The molecule has 0 amide bonds. The molecule has 8 nitrogen and oxygen atoms in total. The van der Waals surface area contributed by atoms with Gasteiger partial charge in [-0.3, -0.25) is 19.8 Å². The number of hydrogen-bond donors (Lipinski definition) is 2. The second kappa shape index (κ2) is 5.54. The lowest BCUT2D eigenvalue weighted by atomic mass is 10.2. The second-order valence-electron chi connectivity index (χ2n) is 3.87. The second-order valence-corrected chi connectivity index (χ2v) is 5.93. The number of halogens is 1. The minimum atomic E-state index is -4.14. The minimum absolute atomic E-state index is 0.0704. The van der Waals surface area contributed by atoms with Crippen molar-refractivity contribution in [2.45, 2.75) is 4.90 Å². The van der Waals surface area contributed by atoms with Crippen molar-refractivity contribution in [1.82, 2.24) is 4.98 Å². The summed E-state index contributed by atoms with van der Waals surface area (Å²) in [7, 11) is -4.14. The summed E-state index contributed by atoms with van der Waals surface area (Å²) < 4.78 is 26.4. The van der Waals surface area contributed by atoms with Crippen molar-refractivity contribution in [1.29, 1.82) is 0 Å². The summed E-state index contributed by atoms with van der Waals surface area (Å²) in [5.41, 5.74) is -0.878. The standard InChI is InChI=1S/C11H8ClN3O5S/c12-8-3-4-13-6-11(8)21(19,20)14-9-2-1-7(16)5-10(9)15(17)18/h1-6,14,16H. The predicted octanol–water partition coefficient (Wildman–Crippen LogP) is 2.15. The van der Waals surface area contributed by atoms with E-state index < -0.39 is 20.6 Å². The lowest BCUT2D eigenvalue weighted by Gasteiger charge is -2.09. The molecule has 0 aliphatic carbocycles. The van der Waals surface area contributed by atoms with Crippen LogP contribution in [-0.4, -0.2) is 23.4 Å². The molecule has 0 fully saturated rings. The van der Waals surface area contributed by atoms with E-state index in [-0.39, 0.29) is 21.4 Å². The Labute approximate surface area is 124 Å². The van der Waals surface area contributed by atoms with Crippen molar-refractivity contribution in [3.63, 3.8) is 0 Å². The van der Waals surface area contributed by atoms with Gasteiger partial charge >= 0.3 is 0 Å². The average Bonchev–Trinajstić information content (AvgIpc) is 2.40. The van der Waals surface area contributed by atoms with E-state index in [1.807, 2.05) is 4.72 Å². The fourth-order valence-electron chi connectivity index (χ4n) is 1.52. The van der Waals surface area contributed by atoms with Crippen molar-refractivity contribution in [3.8, 4) is 5.75 Å². The van der Waals surface area contributed by atoms with E-state index >= 15 is 0 Å². The SMILES string of the molecule is O=[N+]([O-])c1cc(O)ccc1NS(=O)(=O)c1cnccc1Cl. The number of phenolic OH excluding ortho intramolecular Hbond substituents is 1. The van der Waals surface area contributed by atoms with E-state index in [2.05, 4.69) is 4.98 Å². The van der Waals surface area contributed by atoms with Gasteiger partial charge in [0, 0.05) is 12.4 Å². The number of pyridine rings is 1. The van der Waals surface area contributed by atoms with Crippen LogP contribution in [0.4, 0.5) is 11.4 Å². The van der Waals surface area contributed by atoms with Gasteiger partial charge in [-0.05, 0) is 18.2 Å². The van der Waals surface area contributed by atoms with Crippen molar-refractivity contribution in [3.05, 3.63) is 51.8 Å². The summed E-state index contributed by atoms with van der Waals surface area (Å²) in [5, 5.41) is 20.0. The monoisotopic (exact) mass is 329 g/mol. The summed E-state index contributed by atoms with van der Waals surface area (Å²) in [6, 6.07) is 4.31. The van der Waals surface area contributed by atoms with Crippen LogP contribution < -0.4 is 4.72 Å². The van der Waals surface area contributed by atoms with Crippen LogP contribution in [0, 0.1) is 10.1 Å². The first-order valence-corrected chi connectivity index (χ1v) is 7.27. The Bertz CT molecular complexity index is 809. The number of nitro groups is 1. The molecule has 0 radical (unpaired) electrons. The molecule has 0 bridgehead atoms. The number of phenols is 1. The van der Waals surface area contributed by atoms with Crippen LogP contribution >= 0.6 is 11.6 Å². The highest BCUT2D eigenvalue weighted by Crippen LogP contribution is 2.31. The van der Waals surface area contributed by atoms with E-state index in [1.165, 1.54) is 12.3 Å². The van der Waals surface area contributed by atoms with E-state index in [9.17, 15) is 23.6 Å². The van der Waals surface area contributed by atoms with Gasteiger partial charge in [-0.1, -0.05) is 11.6 Å². The minimum Gasteiger partial charge on any atom is -0.508 e. The maximum absolute atomic E-state index is 12.2. The zero-order valence-electron chi connectivity index (χ0n) is 10.2. The molecule has 2 N–H and O–H groups in total. The van der Waals surface area contributed by atoms with Gasteiger partial charge in [-0.25, -0.2) is 8.42 Å². The van der Waals surface area contributed by atoms with E-state index in [0.29, 0.717) is 0 Å². The number of nitrogens with one attached hydrogen (secondary N) is 1. The topological polar surface area (TPSA) is 122 Å². The maximum Gasteiger partial charge on any atom is 0.297 e. The number of nitrogens with zero attached hydrogens (tertiary/aromatic N) is 2. The molecule has 2 aromatic rings. The van der Waals surface area contributed by atoms with Gasteiger partial charge in [0.05, 0.1) is 16.0 Å². The molecule has 110 valence electrons. The summed E-state index contributed by atoms with van der Waals surface area (Å²) >= 11 is 5.77. The van der Waals surface area contributed by atoms with Gasteiger partial charge in [0.1, 0.15) is 16.3 Å². The Hall–Kier alpha value is -2.39. The molecule has 1 heterocycles. The molecule has 0 atom stereocenters. The smallest absolute Gasteiger partial charge is 0.297 e. The Kier molecular flexibility index (Phi) is 3.96. The molecular weight excluding hydrogens is 322 g/mol. The molecular formula is C11H8ClN3O5S. The fraction of sp³-hybridized carbons (Fsp3) is 0. The summed E-state index contributed by atoms with van der Waals surface area (Å²) in [5.74, 6) is -0.357. The summed E-state index contributed by atoms with van der Waals surface area (Å²) in [6.45, 7) is 0. The number of rotatable bonds is 4. The summed E-state index contributed by atoms with van der Waals surface area (Å²) in [6.07, 6.45) is 2.33. The average molecular weight is 330 g/mol. The molecule has 10 heteroatoms. The number of aromatic nitrogens is 1. The van der Waals surface area contributed by atoms with Crippen LogP contribution in [0.15, 0.2) is 41.6 Å². The molecule has 0 aliphatic rings. The largest absolute Gasteiger partial charge is 0.508 e. The van der Waals surface area contributed by atoms with Crippen LogP contribution in [0.2, 0.25) is 5.02 Å². The maximum atomic E-state index is 12.2. The molecule has 1 aromatic heterocycles. The van der Waals surface area contributed by atoms with E-state index in [0.717, 1.165) is 24.4 Å². The zero-order chi connectivity index (χ0) is 15.6. The van der Waals surface area contributed by atoms with Crippen LogP contribution in [0.3, 0.4) is 0 Å². The first-order chi connectivity index (χ1) is 9.81. The van der Waals surface area contributed by atoms with Gasteiger partial charge in [0.2, 0.25) is 0 Å². The zero-order valence-corrected chi connectivity index (χ0v) is 11.8. The summed E-state index contributed by atoms with van der Waals surface area (Å²) in [4.78, 5) is 13.4. The number of nitro benzene ring substituents is 1. The molecule has 21 heavy (non-hydrogen) atoms. The Morgan fingerprint density at radius 3 is 2.67 bits per heavy atom. The first kappa shape index (κ1) is 15.0. The van der Waals surface area contributed by atoms with E-state index in [4.69, 9.17) is 11.6 Å². The van der Waals surface area contributed by atoms with Gasteiger partial charge in [-0.15, -0.1) is 0 Å². The Morgan fingerprint density at radius 1 is 1.33 bits per heavy atom. The molecule has 1 aromatic carbocycles. The molecule has 2 rings (SSSR count). The first-order valence-electron chi connectivity index (χ1n) is 5.41. The van der Waals surface area contributed by atoms with Crippen LogP contribution in [0.5, 0.6) is 5.75 Å². The van der Waals surface area contributed by atoms with E-state index in [1.54, 1.807) is 0 Å². The quantitative estimate of drug-likeness (QED) is 0.503. The van der Waals surface area contributed by atoms with Gasteiger partial charge in [0.25, 0.3) is 15.7 Å². The molecule has 0 saturated heterocycles. The third kappa shape index (κ3) is 3.20. The van der Waals surface area contributed by atoms with Crippen molar-refractivity contribution in [2.75, 3.05) is 4.72 Å². The molecule has 0 saturated carbocycles. The van der Waals surface area contributed by atoms with Gasteiger partial charge in [-0.2, -0.15) is 0 Å². The highest BCUT2D eigenvalue weighted by atomic mass is 35.5. The van der Waals surface area contributed by atoms with Crippen molar-refractivity contribution < 1.29 is 18.4 Å². The highest BCUT2D eigenvalue weighted by Gasteiger charge is 2.23. The third-order valence-corrected chi connectivity index (χ3v) is 4.28. The number of hydrogen-bond acceptors (Lipinski definition) is 6. The number of aromatic hydroxyl groups is 1. The van der Waals surface area contributed by atoms with Crippen LogP contribution in [0.25, 0.3) is 0 Å². The van der Waals surface area contributed by atoms with Gasteiger partial charge < -0.3 is 5.11 Å². The highest BCUT2D eigenvalue weighted by molar-refractivity contribution is 7.92. The normalized spacial score (nSPS) is 11.1. The lowest BCUT2D eigenvalue weighted by Crippen LogP contribution is -2.14. The van der Waals surface area contributed by atoms with Crippen LogP contribution in [0.1, 0.15) is 0 Å². The number of anilines is 1. The van der Waals surface area contributed by atoms with Crippen molar-refractivity contribution >= 4 is 33.0 Å². The number of sulfonamides is 1. The molecule has 0 unspecified atom stereocenters. The predicted molar refractivity (Wildman–Crippen MR) is 74.8 cm³/mol. The molecule has 0 aliphatic heterocycles. The van der Waals surface area contributed by atoms with Crippen LogP contribution in [-0.2, 0) is 10.0 Å². The van der Waals surface area contributed by atoms with Gasteiger partial charge in [0.15, 0.2) is 0 Å². The Balaban J connectivity index is 2.47. The molecule has 0 spiro atoms. The third-order valence-electron chi connectivity index (χ3n) is 2.45. The fourth-order valence-corrected chi connectivity index (χ4v) is 3.02. The lowest BCUT2D eigenvalue weighted by molar-refractivity contribution is -0.384. The van der Waals surface area contributed by atoms with Crippen molar-refractivity contribution in [2.24, 2.45) is 0 Å². The number of benzene rings is 1.